The van der Waals surface area contributed by atoms with Crippen molar-refractivity contribution in [1.82, 2.24) is 25.4 Å². The van der Waals surface area contributed by atoms with E-state index in [4.69, 9.17) is 24.8 Å². The molecule has 4 aliphatic rings. The molecule has 53 heavy (non-hydrogen) atoms. The molecule has 298 valence electrons. The smallest absolute Gasteiger partial charge is 0.300 e. The first kappa shape index (κ1) is 46.3. The lowest BCUT2D eigenvalue weighted by Crippen LogP contribution is -2.23. The van der Waals surface area contributed by atoms with Gasteiger partial charge in [-0.1, -0.05) is 38.5 Å². The molecule has 0 saturated heterocycles. The summed E-state index contributed by atoms with van der Waals surface area (Å²) in [5.41, 5.74) is 8.81. The van der Waals surface area contributed by atoms with Crippen LogP contribution in [-0.4, -0.2) is 125 Å². The van der Waals surface area contributed by atoms with Crippen LogP contribution < -0.4 is 11.1 Å². The molecule has 0 spiro atoms. The van der Waals surface area contributed by atoms with Gasteiger partial charge in [0.1, 0.15) is 0 Å². The van der Waals surface area contributed by atoms with E-state index in [1.54, 1.807) is 28.2 Å². The highest BCUT2D eigenvalue weighted by Gasteiger charge is 2.35. The molecule has 0 atom stereocenters. The van der Waals surface area contributed by atoms with Gasteiger partial charge in [-0.15, -0.1) is 0 Å². The van der Waals surface area contributed by atoms with E-state index in [-0.39, 0.29) is 41.4 Å². The Kier molecular flexibility index (Phi) is 21.5. The number of hydrogen-bond donors (Lipinski definition) is 3. The molecule has 0 saturated carbocycles. The third-order valence-corrected chi connectivity index (χ3v) is 8.74. The van der Waals surface area contributed by atoms with Crippen LogP contribution in [0.1, 0.15) is 104 Å². The lowest BCUT2D eigenvalue weighted by Gasteiger charge is -2.15. The van der Waals surface area contributed by atoms with Gasteiger partial charge in [0.25, 0.3) is 5.97 Å². The van der Waals surface area contributed by atoms with Gasteiger partial charge in [0.05, 0.1) is 48.5 Å². The summed E-state index contributed by atoms with van der Waals surface area (Å²) in [6, 6.07) is 0. The average molecular weight is 755 g/mol. The number of hydrazone groups is 4. The second-order valence-electron chi connectivity index (χ2n) is 13.0. The topological polar surface area (TPSA) is 223 Å². The van der Waals surface area contributed by atoms with Crippen LogP contribution in [0.2, 0.25) is 0 Å². The highest BCUT2D eigenvalue weighted by molar-refractivity contribution is 6.20. The number of nitrogens with two attached hydrogens (primary N) is 1. The van der Waals surface area contributed by atoms with Crippen molar-refractivity contribution in [3.8, 4) is 0 Å². The summed E-state index contributed by atoms with van der Waals surface area (Å²) < 4.78 is 16.0. The third-order valence-electron chi connectivity index (χ3n) is 8.74. The standard InChI is InChI=1S/C17H27N5O3.C15H25N5O2.C2H4O2.F2/c1-12(23)18-9-7-5-4-6-8-13(14-10-16(24)21(2)19-14)15-11-17(25)22(3)20-15;1-19-14(21)9-12(17-19)11(7-5-3-4-6-8-16)13-10-15(22)20(2)18-13;1-2(3)4;1-2/h13H,4-11H2,1-3H3,(H,18,23);11H,3-10,16H2,1-2H3;1H3,(H,3,4);. The summed E-state index contributed by atoms with van der Waals surface area (Å²) >= 11 is 0. The number of carbonyl (C=O) groups excluding carboxylic acids is 5. The Labute approximate surface area is 309 Å². The first-order valence-corrected chi connectivity index (χ1v) is 17.8. The average Bonchev–Trinajstić information content (AvgIpc) is 3.82. The van der Waals surface area contributed by atoms with Crippen molar-refractivity contribution in [1.29, 1.82) is 0 Å². The molecular formula is C34H56F2N10O7. The Morgan fingerprint density at radius 3 is 1.15 bits per heavy atom. The van der Waals surface area contributed by atoms with Crippen LogP contribution in [0.5, 0.6) is 0 Å². The van der Waals surface area contributed by atoms with Crippen molar-refractivity contribution in [3.05, 3.63) is 0 Å². The molecule has 0 aliphatic carbocycles. The maximum Gasteiger partial charge on any atom is 0.300 e. The fourth-order valence-electron chi connectivity index (χ4n) is 5.97. The largest absolute Gasteiger partial charge is 0.481 e. The Morgan fingerprint density at radius 1 is 0.623 bits per heavy atom. The van der Waals surface area contributed by atoms with E-state index in [0.29, 0.717) is 32.2 Å². The van der Waals surface area contributed by atoms with Gasteiger partial charge in [0.15, 0.2) is 0 Å². The highest BCUT2D eigenvalue weighted by atomic mass is 20.0. The molecular weight excluding hydrogens is 698 g/mol. The van der Waals surface area contributed by atoms with Gasteiger partial charge in [0, 0.05) is 69.6 Å². The molecule has 5 amide bonds. The van der Waals surface area contributed by atoms with Crippen LogP contribution in [0.25, 0.3) is 0 Å². The zero-order valence-corrected chi connectivity index (χ0v) is 31.8. The fourth-order valence-corrected chi connectivity index (χ4v) is 5.97. The summed E-state index contributed by atoms with van der Waals surface area (Å²) in [6.07, 6.45) is 11.3. The van der Waals surface area contributed by atoms with E-state index in [2.05, 4.69) is 25.7 Å². The SMILES string of the molecule is CC(=O)NCCCCCCC(C1=NN(C)C(=O)C1)C1=NN(C)C(=O)C1.CC(=O)O.CN1N=C(C(CCCCCCN)C2=NN(C)C(=O)C2)CC1=O.FF. The van der Waals surface area contributed by atoms with Gasteiger partial charge >= 0.3 is 0 Å². The number of halogens is 2. The highest BCUT2D eigenvalue weighted by Crippen LogP contribution is 2.26. The molecule has 4 aliphatic heterocycles. The number of nitrogens with one attached hydrogen (secondary N) is 1. The minimum absolute atomic E-state index is 0.000626. The van der Waals surface area contributed by atoms with Crippen molar-refractivity contribution in [2.24, 2.45) is 38.0 Å². The number of carboxylic acids is 1. The van der Waals surface area contributed by atoms with Crippen LogP contribution in [0.15, 0.2) is 20.4 Å². The summed E-state index contributed by atoms with van der Waals surface area (Å²) in [6.45, 7) is 4.03. The van der Waals surface area contributed by atoms with E-state index >= 15 is 0 Å². The fraction of sp³-hybridized carbons (Fsp3) is 0.706. The Bertz CT molecular complexity index is 1330. The van der Waals surface area contributed by atoms with Crippen molar-refractivity contribution < 1.29 is 43.0 Å². The molecule has 0 unspecified atom stereocenters. The van der Waals surface area contributed by atoms with Crippen molar-refractivity contribution in [3.63, 3.8) is 0 Å². The Hall–Kier alpha value is -4.68. The molecule has 0 fully saturated rings. The number of hydrogen-bond acceptors (Lipinski definition) is 11. The second-order valence-corrected chi connectivity index (χ2v) is 13.0. The van der Waals surface area contributed by atoms with E-state index in [1.165, 1.54) is 27.0 Å². The van der Waals surface area contributed by atoms with Crippen molar-refractivity contribution in [2.75, 3.05) is 41.3 Å². The van der Waals surface area contributed by atoms with Gasteiger partial charge < -0.3 is 16.2 Å². The van der Waals surface area contributed by atoms with Crippen LogP contribution in [-0.2, 0) is 28.8 Å². The number of aliphatic carboxylic acids is 1. The van der Waals surface area contributed by atoms with Gasteiger partial charge in [0.2, 0.25) is 29.5 Å². The number of carbonyl (C=O) groups is 6. The Morgan fingerprint density at radius 2 is 0.906 bits per heavy atom. The molecule has 4 rings (SSSR count). The van der Waals surface area contributed by atoms with Crippen LogP contribution >= 0.6 is 0 Å². The summed E-state index contributed by atoms with van der Waals surface area (Å²) in [5.74, 6) is -0.912. The monoisotopic (exact) mass is 754 g/mol. The Balaban J connectivity index is 0.000000464. The summed E-state index contributed by atoms with van der Waals surface area (Å²) in [5, 5.41) is 33.1. The number of rotatable bonds is 17. The molecule has 0 bridgehead atoms. The summed E-state index contributed by atoms with van der Waals surface area (Å²) in [4.78, 5) is 66.9. The first-order valence-electron chi connectivity index (χ1n) is 17.8. The van der Waals surface area contributed by atoms with E-state index in [9.17, 15) is 24.0 Å². The molecule has 4 heterocycles. The zero-order chi connectivity index (χ0) is 40.1. The molecule has 19 heteroatoms. The van der Waals surface area contributed by atoms with Crippen molar-refractivity contribution >= 4 is 58.4 Å². The molecule has 4 N–H and O–H groups in total. The van der Waals surface area contributed by atoms with Crippen LogP contribution in [0.4, 0.5) is 9.15 Å². The number of unbranched alkanes of at least 4 members (excludes halogenated alkanes) is 6. The van der Waals surface area contributed by atoms with E-state index < -0.39 is 5.97 Å². The van der Waals surface area contributed by atoms with Crippen LogP contribution in [0.3, 0.4) is 0 Å². The molecule has 0 aromatic rings. The quantitative estimate of drug-likeness (QED) is 0.187. The van der Waals surface area contributed by atoms with Gasteiger partial charge in [-0.2, -0.15) is 20.4 Å². The number of nitrogens with zero attached hydrogens (tertiary/aromatic N) is 8. The first-order chi connectivity index (χ1) is 25.1. The zero-order valence-electron chi connectivity index (χ0n) is 31.8. The maximum atomic E-state index is 11.8. The van der Waals surface area contributed by atoms with E-state index in [0.717, 1.165) is 101 Å². The van der Waals surface area contributed by atoms with Crippen LogP contribution in [0, 0.1) is 11.8 Å². The lowest BCUT2D eigenvalue weighted by atomic mass is 9.88. The van der Waals surface area contributed by atoms with Gasteiger partial charge in [-0.25, -0.2) is 20.0 Å². The van der Waals surface area contributed by atoms with Crippen molar-refractivity contribution in [2.45, 2.75) is 104 Å². The predicted octanol–water partition coefficient (Wildman–Crippen LogP) is 3.00. The number of carboxylic acid groups (broad SMARTS) is 1. The number of amides is 5. The van der Waals surface area contributed by atoms with Gasteiger partial charge in [-0.3, -0.25) is 28.8 Å². The molecule has 17 nitrogen and oxygen atoms in total. The maximum absolute atomic E-state index is 11.8. The van der Waals surface area contributed by atoms with E-state index in [1.807, 2.05) is 0 Å². The minimum atomic E-state index is -0.833. The minimum Gasteiger partial charge on any atom is -0.481 e. The summed E-state index contributed by atoms with van der Waals surface area (Å²) in [7, 11) is 6.65. The second kappa shape index (κ2) is 24.5. The predicted molar refractivity (Wildman–Crippen MR) is 196 cm³/mol. The lowest BCUT2D eigenvalue weighted by molar-refractivity contribution is -0.134. The van der Waals surface area contributed by atoms with Gasteiger partial charge in [-0.05, 0) is 32.2 Å². The molecule has 0 aromatic heterocycles. The molecule has 0 aromatic carbocycles. The molecule has 0 radical (unpaired) electrons. The normalized spacial score (nSPS) is 16.5. The third kappa shape index (κ3) is 16.7.